The van der Waals surface area contributed by atoms with Crippen LogP contribution in [0.4, 0.5) is 0 Å². The van der Waals surface area contributed by atoms with Crippen molar-refractivity contribution in [3.63, 3.8) is 0 Å². The first-order valence-electron chi connectivity index (χ1n) is 10.2. The Labute approximate surface area is 178 Å². The van der Waals surface area contributed by atoms with E-state index in [4.69, 9.17) is 9.40 Å². The monoisotopic (exact) mass is 407 g/mol. The minimum Gasteiger partial charge on any atom is -0.454 e. The maximum atomic E-state index is 6.40. The predicted octanol–water partition coefficient (Wildman–Crippen LogP) is 8.31. The number of aromatic nitrogens is 1. The number of hydrogen-bond donors (Lipinski definition) is 0. The van der Waals surface area contributed by atoms with Crippen LogP contribution in [0.3, 0.4) is 0 Å². The van der Waals surface area contributed by atoms with Crippen molar-refractivity contribution in [1.82, 2.24) is 4.98 Å². The molecule has 146 valence electrons. The molecular formula is C27H21NOS. The molecular weight excluding hydrogens is 386 g/mol. The number of thiophene rings is 1. The zero-order valence-corrected chi connectivity index (χ0v) is 18.0. The van der Waals surface area contributed by atoms with Crippen LogP contribution < -0.4 is 0 Å². The first-order chi connectivity index (χ1) is 14.5. The second-order valence-electron chi connectivity index (χ2n) is 8.94. The van der Waals surface area contributed by atoms with Crippen LogP contribution in [0, 0.1) is 0 Å². The van der Waals surface area contributed by atoms with Crippen LogP contribution in [0.25, 0.3) is 54.1 Å². The first kappa shape index (κ1) is 17.7. The Kier molecular flexibility index (Phi) is 3.63. The molecule has 0 atom stereocenters. The largest absolute Gasteiger partial charge is 0.454 e. The lowest BCUT2D eigenvalue weighted by atomic mass is 9.82. The van der Waals surface area contributed by atoms with Crippen molar-refractivity contribution in [1.29, 1.82) is 0 Å². The molecule has 0 unspecified atom stereocenters. The van der Waals surface area contributed by atoms with Crippen LogP contribution in [-0.2, 0) is 5.41 Å². The third-order valence-electron chi connectivity index (χ3n) is 5.90. The van der Waals surface area contributed by atoms with Gasteiger partial charge in [-0.3, -0.25) is 4.98 Å². The summed E-state index contributed by atoms with van der Waals surface area (Å²) < 4.78 is 7.64. The lowest BCUT2D eigenvalue weighted by Crippen LogP contribution is -2.12. The molecule has 3 aromatic carbocycles. The van der Waals surface area contributed by atoms with Crippen molar-refractivity contribution >= 4 is 54.1 Å². The van der Waals surface area contributed by atoms with Gasteiger partial charge in [-0.05, 0) is 68.9 Å². The summed E-state index contributed by atoms with van der Waals surface area (Å²) in [6.45, 7) is 6.79. The SMILES string of the molecule is CC(C)(C)c1cc(-c2nccc3c2oc2cc4sccc4cc23)cc2ccccc12. The lowest BCUT2D eigenvalue weighted by molar-refractivity contribution is 0.596. The minimum atomic E-state index is 0.0295. The molecule has 3 aromatic heterocycles. The molecule has 30 heavy (non-hydrogen) atoms. The van der Waals surface area contributed by atoms with Gasteiger partial charge in [-0.1, -0.05) is 45.0 Å². The summed E-state index contributed by atoms with van der Waals surface area (Å²) >= 11 is 1.74. The molecule has 0 spiro atoms. The number of nitrogens with zero attached hydrogens (tertiary/aromatic N) is 1. The van der Waals surface area contributed by atoms with Gasteiger partial charge in [-0.2, -0.15) is 0 Å². The second kappa shape index (κ2) is 6.16. The van der Waals surface area contributed by atoms with Gasteiger partial charge in [0.15, 0.2) is 5.58 Å². The summed E-state index contributed by atoms with van der Waals surface area (Å²) in [6.07, 6.45) is 1.90. The van der Waals surface area contributed by atoms with Gasteiger partial charge in [-0.25, -0.2) is 0 Å². The number of rotatable bonds is 1. The van der Waals surface area contributed by atoms with E-state index >= 15 is 0 Å². The zero-order chi connectivity index (χ0) is 20.5. The van der Waals surface area contributed by atoms with E-state index < -0.39 is 0 Å². The first-order valence-corrected chi connectivity index (χ1v) is 11.1. The highest BCUT2D eigenvalue weighted by Gasteiger charge is 2.20. The van der Waals surface area contributed by atoms with E-state index in [9.17, 15) is 0 Å². The van der Waals surface area contributed by atoms with E-state index in [0.717, 1.165) is 33.2 Å². The Bertz CT molecular complexity index is 1580. The van der Waals surface area contributed by atoms with Crippen LogP contribution in [0.5, 0.6) is 0 Å². The topological polar surface area (TPSA) is 26.0 Å². The summed E-state index contributed by atoms with van der Waals surface area (Å²) in [5, 5.41) is 8.18. The third kappa shape index (κ3) is 2.59. The average Bonchev–Trinajstić information content (AvgIpc) is 3.33. The normalized spacial score (nSPS) is 12.5. The number of pyridine rings is 1. The maximum absolute atomic E-state index is 6.40. The summed E-state index contributed by atoms with van der Waals surface area (Å²) in [6, 6.07) is 21.7. The number of benzene rings is 3. The van der Waals surface area contributed by atoms with Crippen molar-refractivity contribution in [2.45, 2.75) is 26.2 Å². The van der Waals surface area contributed by atoms with Crippen LogP contribution in [0.1, 0.15) is 26.3 Å². The molecule has 0 saturated heterocycles. The van der Waals surface area contributed by atoms with Crippen molar-refractivity contribution < 1.29 is 4.42 Å². The second-order valence-corrected chi connectivity index (χ2v) is 9.89. The van der Waals surface area contributed by atoms with Crippen molar-refractivity contribution in [3.8, 4) is 11.3 Å². The van der Waals surface area contributed by atoms with E-state index in [0.29, 0.717) is 0 Å². The van der Waals surface area contributed by atoms with Gasteiger partial charge in [0, 0.05) is 27.2 Å². The van der Waals surface area contributed by atoms with Gasteiger partial charge in [0.05, 0.1) is 0 Å². The molecule has 0 aliphatic carbocycles. The highest BCUT2D eigenvalue weighted by molar-refractivity contribution is 7.17. The van der Waals surface area contributed by atoms with Crippen LogP contribution in [0.2, 0.25) is 0 Å². The van der Waals surface area contributed by atoms with Crippen molar-refractivity contribution in [2.75, 3.05) is 0 Å². The zero-order valence-electron chi connectivity index (χ0n) is 17.2. The Morgan fingerprint density at radius 1 is 0.833 bits per heavy atom. The highest BCUT2D eigenvalue weighted by atomic mass is 32.1. The standard InChI is InChI=1S/C27H21NOS/c1-27(2,3)22-14-18(12-16-6-4-5-7-19(16)22)25-26-20(8-10-28-25)21-13-17-9-11-30-24(17)15-23(21)29-26/h4-15H,1-3H3. The molecule has 0 aliphatic rings. The van der Waals surface area contributed by atoms with Gasteiger partial charge in [0.25, 0.3) is 0 Å². The summed E-state index contributed by atoms with van der Waals surface area (Å²) in [7, 11) is 0. The van der Waals surface area contributed by atoms with E-state index in [2.05, 4.69) is 86.8 Å². The smallest absolute Gasteiger partial charge is 0.161 e. The number of hydrogen-bond acceptors (Lipinski definition) is 3. The number of fused-ring (bicyclic) bond motifs is 5. The van der Waals surface area contributed by atoms with E-state index in [1.54, 1.807) is 11.3 Å². The molecule has 0 aliphatic heterocycles. The molecule has 3 heteroatoms. The Morgan fingerprint density at radius 3 is 2.57 bits per heavy atom. The molecule has 0 radical (unpaired) electrons. The van der Waals surface area contributed by atoms with Crippen LogP contribution in [0.15, 0.2) is 76.7 Å². The van der Waals surface area contributed by atoms with E-state index in [1.165, 1.54) is 26.4 Å². The Balaban J connectivity index is 1.68. The lowest BCUT2D eigenvalue weighted by Gasteiger charge is -2.22. The summed E-state index contributed by atoms with van der Waals surface area (Å²) in [4.78, 5) is 4.77. The van der Waals surface area contributed by atoms with Gasteiger partial charge in [0.1, 0.15) is 11.3 Å². The predicted molar refractivity (Wildman–Crippen MR) is 129 cm³/mol. The van der Waals surface area contributed by atoms with E-state index in [1.807, 2.05) is 6.20 Å². The fourth-order valence-electron chi connectivity index (χ4n) is 4.43. The van der Waals surface area contributed by atoms with Crippen molar-refractivity contribution in [2.24, 2.45) is 0 Å². The number of furan rings is 1. The fourth-order valence-corrected chi connectivity index (χ4v) is 5.23. The summed E-state index contributed by atoms with van der Waals surface area (Å²) in [5.74, 6) is 0. The molecule has 0 amide bonds. The van der Waals surface area contributed by atoms with Crippen LogP contribution >= 0.6 is 11.3 Å². The molecule has 0 N–H and O–H groups in total. The van der Waals surface area contributed by atoms with Gasteiger partial charge in [-0.15, -0.1) is 11.3 Å². The Morgan fingerprint density at radius 2 is 1.70 bits per heavy atom. The highest BCUT2D eigenvalue weighted by Crippen LogP contribution is 2.40. The molecule has 0 saturated carbocycles. The Hall–Kier alpha value is -3.17. The third-order valence-corrected chi connectivity index (χ3v) is 6.78. The molecule has 0 bridgehead atoms. The molecule has 3 heterocycles. The minimum absolute atomic E-state index is 0.0295. The quantitative estimate of drug-likeness (QED) is 0.274. The molecule has 6 rings (SSSR count). The fraction of sp³-hybridized carbons (Fsp3) is 0.148. The van der Waals surface area contributed by atoms with E-state index in [-0.39, 0.29) is 5.41 Å². The van der Waals surface area contributed by atoms with Crippen molar-refractivity contribution in [3.05, 3.63) is 77.8 Å². The molecule has 6 aromatic rings. The maximum Gasteiger partial charge on any atom is 0.161 e. The summed E-state index contributed by atoms with van der Waals surface area (Å²) in [5.41, 5.74) is 5.15. The van der Waals surface area contributed by atoms with Crippen LogP contribution in [-0.4, -0.2) is 4.98 Å². The molecule has 0 fully saturated rings. The van der Waals surface area contributed by atoms with Gasteiger partial charge in [0.2, 0.25) is 0 Å². The molecule has 2 nitrogen and oxygen atoms in total. The average molecular weight is 408 g/mol. The van der Waals surface area contributed by atoms with Gasteiger partial charge >= 0.3 is 0 Å². The van der Waals surface area contributed by atoms with Gasteiger partial charge < -0.3 is 4.42 Å².